The van der Waals surface area contributed by atoms with Crippen LogP contribution in [0.4, 0.5) is 0 Å². The fourth-order valence-corrected chi connectivity index (χ4v) is 4.19. The summed E-state index contributed by atoms with van der Waals surface area (Å²) in [6, 6.07) is 11.3. The first-order valence-electron chi connectivity index (χ1n) is 23.4. The molecule has 0 amide bonds. The van der Waals surface area contributed by atoms with Gasteiger partial charge in [-0.05, 0) is 133 Å². The van der Waals surface area contributed by atoms with E-state index in [1.165, 1.54) is 48.5 Å². The van der Waals surface area contributed by atoms with Crippen molar-refractivity contribution in [3.8, 4) is 0 Å². The van der Waals surface area contributed by atoms with Gasteiger partial charge in [0.15, 0.2) is 0 Å². The van der Waals surface area contributed by atoms with Gasteiger partial charge in [0.1, 0.15) is 0 Å². The third kappa shape index (κ3) is 57.2. The number of carboxylic acid groups (broad SMARTS) is 3. The lowest BCUT2D eigenvalue weighted by Gasteiger charge is -2.07. The minimum Gasteiger partial charge on any atom is -0.481 e. The monoisotopic (exact) mass is 1050 g/mol. The standard InChI is InChI=1S/C24H26O9.C8H14O5.C6H12O3.C4H10O2.C4H10O.C3H8O2.2CH4/c25-13-1-2-14-31-23(29)19-9-11-20(12-10-19)24(30)33-16-4-3-15-32-22(28)18-7-5-17(6-8-18)21(26)27;9-5-1-2-6-13-8(12)4-3-7(10)11;7-5-3-1-2-4-6(8)9;5-3-1-2-4-6;1-3-4(2)5;4-2-1-3-5;;/h5-12,25H,1-4,13-16H2,(H,26,27);9H,1-6H2,(H,10,11);7H,1-5H2,(H,8,9);5-6H,1-4H2;4-5H,3H2,1-2H3;4-5H,1-3H2;2*1H4. The SMILES string of the molecule is C.C.CCC(C)O.O=C(O)CCC(=O)OCCCCO.O=C(O)CCCCCO.O=C(O)c1ccc(C(=O)OCCCCOC(=O)c2ccc(C(=O)OCCCCO)cc2)cc1.OCCCCO.OCCCO. The predicted molar refractivity (Wildman–Crippen MR) is 271 cm³/mol. The molecule has 0 aromatic heterocycles. The molecule has 2 aromatic carbocycles. The van der Waals surface area contributed by atoms with Crippen molar-refractivity contribution in [2.24, 2.45) is 0 Å². The maximum atomic E-state index is 12.1. The summed E-state index contributed by atoms with van der Waals surface area (Å²) in [5.74, 6) is -4.93. The van der Waals surface area contributed by atoms with E-state index in [0.717, 1.165) is 25.7 Å². The molecule has 0 aliphatic carbocycles. The molecule has 0 saturated heterocycles. The molecule has 2 aromatic rings. The van der Waals surface area contributed by atoms with Gasteiger partial charge in [0.2, 0.25) is 0 Å². The van der Waals surface area contributed by atoms with Crippen LogP contribution in [0, 0.1) is 0 Å². The molecule has 0 radical (unpaired) electrons. The predicted octanol–water partition coefficient (Wildman–Crippen LogP) is 5.06. The Bertz CT molecular complexity index is 1610. The Hall–Kier alpha value is -5.59. The molecule has 73 heavy (non-hydrogen) atoms. The molecule has 1 atom stereocenters. The number of ether oxygens (including phenoxy) is 4. The number of aliphatic hydroxyl groups is 8. The van der Waals surface area contributed by atoms with E-state index in [1.807, 2.05) is 6.92 Å². The van der Waals surface area contributed by atoms with Crippen LogP contribution in [0.3, 0.4) is 0 Å². The average molecular weight is 1050 g/mol. The fourth-order valence-electron chi connectivity index (χ4n) is 4.19. The van der Waals surface area contributed by atoms with Crippen molar-refractivity contribution in [2.45, 2.75) is 138 Å². The Morgan fingerprint density at radius 3 is 0.945 bits per heavy atom. The molecule has 1 unspecified atom stereocenters. The molecule has 0 spiro atoms. The first-order valence-corrected chi connectivity index (χ1v) is 23.4. The summed E-state index contributed by atoms with van der Waals surface area (Å²) < 4.78 is 20.0. The second-order valence-electron chi connectivity index (χ2n) is 14.7. The van der Waals surface area contributed by atoms with Gasteiger partial charge in [-0.2, -0.15) is 0 Å². The molecular formula is C51H88O22. The highest BCUT2D eigenvalue weighted by atomic mass is 16.5. The molecule has 22 heteroatoms. The third-order valence-electron chi connectivity index (χ3n) is 8.39. The van der Waals surface area contributed by atoms with Crippen molar-refractivity contribution in [3.05, 3.63) is 70.8 Å². The van der Waals surface area contributed by atoms with Crippen LogP contribution in [0.15, 0.2) is 48.5 Å². The molecule has 2 rings (SSSR count). The van der Waals surface area contributed by atoms with Crippen molar-refractivity contribution >= 4 is 41.8 Å². The van der Waals surface area contributed by atoms with E-state index in [9.17, 15) is 33.6 Å². The van der Waals surface area contributed by atoms with Crippen LogP contribution in [0.5, 0.6) is 0 Å². The van der Waals surface area contributed by atoms with E-state index in [1.54, 1.807) is 6.92 Å². The lowest BCUT2D eigenvalue weighted by molar-refractivity contribution is -0.147. The zero-order chi connectivity index (χ0) is 54.5. The van der Waals surface area contributed by atoms with Crippen molar-refractivity contribution in [1.82, 2.24) is 0 Å². The Labute approximate surface area is 430 Å². The van der Waals surface area contributed by atoms with E-state index in [2.05, 4.69) is 4.74 Å². The summed E-state index contributed by atoms with van der Waals surface area (Å²) >= 11 is 0. The van der Waals surface area contributed by atoms with E-state index in [0.29, 0.717) is 68.9 Å². The second-order valence-corrected chi connectivity index (χ2v) is 14.7. The summed E-state index contributed by atoms with van der Waals surface area (Å²) in [5, 5.41) is 91.0. The average Bonchev–Trinajstić information content (AvgIpc) is 3.36. The van der Waals surface area contributed by atoms with Gasteiger partial charge in [-0.1, -0.05) is 28.2 Å². The molecule has 0 aliphatic heterocycles. The summed E-state index contributed by atoms with van der Waals surface area (Å²) in [5.41, 5.74) is 0.944. The van der Waals surface area contributed by atoms with E-state index < -0.39 is 41.8 Å². The number of carbonyl (C=O) groups is 7. The Balaban J connectivity index is -0.000000229. The van der Waals surface area contributed by atoms with Crippen LogP contribution in [-0.4, -0.2) is 177 Å². The van der Waals surface area contributed by atoms with E-state index >= 15 is 0 Å². The topological polar surface area (TPSA) is 379 Å². The summed E-state index contributed by atoms with van der Waals surface area (Å²) in [6.07, 6.45) is 8.11. The lowest BCUT2D eigenvalue weighted by Crippen LogP contribution is -2.10. The molecule has 0 aliphatic rings. The molecule has 11 N–H and O–H groups in total. The summed E-state index contributed by atoms with van der Waals surface area (Å²) in [6.45, 7) is 5.33. The normalized spacial score (nSPS) is 9.89. The highest BCUT2D eigenvalue weighted by Crippen LogP contribution is 2.10. The number of carbonyl (C=O) groups excluding carboxylic acids is 4. The number of aliphatic carboxylic acids is 2. The number of rotatable bonds is 31. The van der Waals surface area contributed by atoms with Crippen LogP contribution >= 0.6 is 0 Å². The molecule has 0 fully saturated rings. The molecular weight excluding hydrogens is 965 g/mol. The van der Waals surface area contributed by atoms with Crippen molar-refractivity contribution in [2.75, 3.05) is 72.7 Å². The number of unbranched alkanes of at least 4 members (excludes halogenated alkanes) is 6. The number of benzene rings is 2. The van der Waals surface area contributed by atoms with Crippen molar-refractivity contribution in [3.63, 3.8) is 0 Å². The molecule has 424 valence electrons. The quantitative estimate of drug-likeness (QED) is 0.0267. The number of hydrogen-bond acceptors (Lipinski definition) is 19. The maximum Gasteiger partial charge on any atom is 0.338 e. The van der Waals surface area contributed by atoms with Gasteiger partial charge in [0.25, 0.3) is 0 Å². The van der Waals surface area contributed by atoms with Gasteiger partial charge in [-0.25, -0.2) is 19.2 Å². The van der Waals surface area contributed by atoms with E-state index in [4.69, 9.17) is 70.4 Å². The van der Waals surface area contributed by atoms with Crippen molar-refractivity contribution < 1.29 is 109 Å². The smallest absolute Gasteiger partial charge is 0.338 e. The van der Waals surface area contributed by atoms with Gasteiger partial charge in [0, 0.05) is 52.7 Å². The molecule has 0 saturated carbocycles. The number of aliphatic hydroxyl groups excluding tert-OH is 8. The molecule has 22 nitrogen and oxygen atoms in total. The largest absolute Gasteiger partial charge is 0.481 e. The summed E-state index contributed by atoms with van der Waals surface area (Å²) in [4.78, 5) is 77.4. The zero-order valence-electron chi connectivity index (χ0n) is 41.2. The third-order valence-corrected chi connectivity index (χ3v) is 8.39. The minimum atomic E-state index is -1.08. The number of hydrogen-bond donors (Lipinski definition) is 11. The fraction of sp³-hybridized carbons (Fsp3) is 0.627. The van der Waals surface area contributed by atoms with Crippen LogP contribution in [0.25, 0.3) is 0 Å². The number of esters is 4. The first-order chi connectivity index (χ1) is 34.0. The summed E-state index contributed by atoms with van der Waals surface area (Å²) in [7, 11) is 0. The minimum absolute atomic E-state index is 0. The number of carboxylic acids is 3. The van der Waals surface area contributed by atoms with Gasteiger partial charge < -0.3 is 75.1 Å². The second kappa shape index (κ2) is 59.0. The molecule has 0 heterocycles. The highest BCUT2D eigenvalue weighted by molar-refractivity contribution is 5.93. The Morgan fingerprint density at radius 1 is 0.397 bits per heavy atom. The van der Waals surface area contributed by atoms with Crippen LogP contribution in [-0.2, 0) is 33.3 Å². The van der Waals surface area contributed by atoms with Crippen molar-refractivity contribution in [1.29, 1.82) is 0 Å². The van der Waals surface area contributed by atoms with Gasteiger partial charge >= 0.3 is 41.8 Å². The van der Waals surface area contributed by atoms with Gasteiger partial charge in [-0.15, -0.1) is 0 Å². The number of aromatic carboxylic acids is 1. The van der Waals surface area contributed by atoms with Crippen LogP contribution < -0.4 is 0 Å². The Kier molecular flexibility index (Phi) is 63.7. The maximum absolute atomic E-state index is 12.1. The van der Waals surface area contributed by atoms with Crippen LogP contribution in [0.1, 0.15) is 173 Å². The van der Waals surface area contributed by atoms with Gasteiger partial charge in [-0.3, -0.25) is 14.4 Å². The lowest BCUT2D eigenvalue weighted by atomic mass is 10.1. The first kappa shape index (κ1) is 78.8. The Morgan fingerprint density at radius 2 is 0.671 bits per heavy atom. The highest BCUT2D eigenvalue weighted by Gasteiger charge is 2.12. The zero-order valence-corrected chi connectivity index (χ0v) is 41.2. The molecule has 0 bridgehead atoms. The van der Waals surface area contributed by atoms with Gasteiger partial charge in [0.05, 0.1) is 67.6 Å². The van der Waals surface area contributed by atoms with Crippen LogP contribution in [0.2, 0.25) is 0 Å². The van der Waals surface area contributed by atoms with E-state index in [-0.39, 0.29) is 124 Å².